The third-order valence-electron chi connectivity index (χ3n) is 6.02. The lowest BCUT2D eigenvalue weighted by Gasteiger charge is -2.23. The first kappa shape index (κ1) is 23.8. The highest BCUT2D eigenvalue weighted by Crippen LogP contribution is 2.45. The van der Waals surface area contributed by atoms with E-state index in [1.165, 1.54) is 29.4 Å². The van der Waals surface area contributed by atoms with E-state index in [0.29, 0.717) is 27.7 Å². The number of aliphatic hydroxyl groups is 1. The summed E-state index contributed by atoms with van der Waals surface area (Å²) in [7, 11) is 3.06. The fraction of sp³-hybridized carbons (Fsp3) is 0.148. The third kappa shape index (κ3) is 3.98. The minimum Gasteiger partial charge on any atom is -0.507 e. The molecule has 9 heteroatoms. The summed E-state index contributed by atoms with van der Waals surface area (Å²) >= 11 is 7.65. The van der Waals surface area contributed by atoms with Crippen LogP contribution in [0, 0.1) is 6.92 Å². The van der Waals surface area contributed by atoms with Crippen LogP contribution in [0.1, 0.15) is 22.7 Å². The van der Waals surface area contributed by atoms with Gasteiger partial charge in [0.1, 0.15) is 17.3 Å². The van der Waals surface area contributed by atoms with Gasteiger partial charge in [-0.2, -0.15) is 0 Å². The molecule has 1 saturated heterocycles. The Morgan fingerprint density at radius 2 is 1.75 bits per heavy atom. The predicted molar refractivity (Wildman–Crippen MR) is 140 cm³/mol. The minimum atomic E-state index is -0.908. The van der Waals surface area contributed by atoms with Gasteiger partial charge in [-0.3, -0.25) is 14.5 Å². The topological polar surface area (TPSA) is 89.0 Å². The second kappa shape index (κ2) is 9.29. The van der Waals surface area contributed by atoms with Gasteiger partial charge in [-0.15, -0.1) is 0 Å². The van der Waals surface area contributed by atoms with Gasteiger partial charge in [0.25, 0.3) is 5.78 Å². The highest BCUT2D eigenvalue weighted by atomic mass is 35.5. The summed E-state index contributed by atoms with van der Waals surface area (Å²) in [5.74, 6) is -0.887. The lowest BCUT2D eigenvalue weighted by atomic mass is 9.94. The lowest BCUT2D eigenvalue weighted by molar-refractivity contribution is -0.132. The molecular weight excluding hydrogens is 500 g/mol. The molecule has 1 fully saturated rings. The second-order valence-corrected chi connectivity index (χ2v) is 9.68. The zero-order valence-corrected chi connectivity index (χ0v) is 21.2. The number of halogens is 1. The van der Waals surface area contributed by atoms with Crippen molar-refractivity contribution in [3.05, 3.63) is 87.9 Å². The van der Waals surface area contributed by atoms with Crippen LogP contribution in [0.3, 0.4) is 0 Å². The molecule has 0 saturated carbocycles. The number of aromatic nitrogens is 1. The van der Waals surface area contributed by atoms with Crippen molar-refractivity contribution in [3.8, 4) is 11.5 Å². The molecule has 2 heterocycles. The monoisotopic (exact) mass is 520 g/mol. The number of carbonyl (C=O) groups excluding carboxylic acids is 2. The van der Waals surface area contributed by atoms with Gasteiger partial charge in [-0.25, -0.2) is 4.98 Å². The Hall–Kier alpha value is -3.88. The number of ether oxygens (including phenoxy) is 2. The molecule has 4 aromatic rings. The van der Waals surface area contributed by atoms with Gasteiger partial charge in [0, 0.05) is 5.56 Å². The number of carbonyl (C=O) groups is 2. The predicted octanol–water partition coefficient (Wildman–Crippen LogP) is 5.90. The Morgan fingerprint density at radius 3 is 2.47 bits per heavy atom. The van der Waals surface area contributed by atoms with E-state index >= 15 is 0 Å². The number of Topliss-reactive ketones (excluding diaryl/α,β-unsaturated/α-hetero) is 1. The van der Waals surface area contributed by atoms with Gasteiger partial charge < -0.3 is 14.6 Å². The Bertz CT molecular complexity index is 1560. The fourth-order valence-electron chi connectivity index (χ4n) is 4.27. The van der Waals surface area contributed by atoms with Crippen molar-refractivity contribution in [1.29, 1.82) is 0 Å². The lowest BCUT2D eigenvalue weighted by Crippen LogP contribution is -2.29. The molecule has 182 valence electrons. The van der Waals surface area contributed by atoms with Gasteiger partial charge in [-0.05, 0) is 48.9 Å². The maximum Gasteiger partial charge on any atom is 0.301 e. The normalized spacial score (nSPS) is 17.1. The molecule has 1 atom stereocenters. The molecule has 7 nitrogen and oxygen atoms in total. The van der Waals surface area contributed by atoms with E-state index in [4.69, 9.17) is 21.1 Å². The Balaban J connectivity index is 1.74. The van der Waals surface area contributed by atoms with Crippen LogP contribution < -0.4 is 14.4 Å². The van der Waals surface area contributed by atoms with Crippen molar-refractivity contribution in [3.63, 3.8) is 0 Å². The molecule has 0 radical (unpaired) electrons. The molecule has 1 unspecified atom stereocenters. The quantitative estimate of drug-likeness (QED) is 0.200. The van der Waals surface area contributed by atoms with Gasteiger partial charge in [0.15, 0.2) is 5.13 Å². The van der Waals surface area contributed by atoms with E-state index in [-0.39, 0.29) is 21.9 Å². The second-order valence-electron chi connectivity index (χ2n) is 8.26. The number of rotatable bonds is 5. The molecule has 1 aromatic heterocycles. The summed E-state index contributed by atoms with van der Waals surface area (Å²) in [5, 5.41) is 11.9. The minimum absolute atomic E-state index is 0.0717. The number of anilines is 1. The van der Waals surface area contributed by atoms with Crippen molar-refractivity contribution in [2.75, 3.05) is 19.1 Å². The van der Waals surface area contributed by atoms with Gasteiger partial charge in [0.05, 0.1) is 41.1 Å². The van der Waals surface area contributed by atoms with Crippen LogP contribution in [-0.2, 0) is 9.59 Å². The first-order valence-electron chi connectivity index (χ1n) is 11.0. The molecule has 1 amide bonds. The molecule has 3 aromatic carbocycles. The highest BCUT2D eigenvalue weighted by molar-refractivity contribution is 7.22. The SMILES string of the molecule is COc1ccc(Cl)c(/C(O)=C2\C(=O)C(=O)N(c3nc4ccc(OC)cc4s3)C2c2cccc(C)c2)c1. The molecular formula is C27H21ClN2O5S. The molecule has 0 bridgehead atoms. The van der Waals surface area contributed by atoms with Crippen molar-refractivity contribution in [2.24, 2.45) is 0 Å². The van der Waals surface area contributed by atoms with Crippen molar-refractivity contribution in [2.45, 2.75) is 13.0 Å². The summed E-state index contributed by atoms with van der Waals surface area (Å²) < 4.78 is 11.4. The van der Waals surface area contributed by atoms with Crippen LogP contribution in [0.15, 0.2) is 66.2 Å². The van der Waals surface area contributed by atoms with Crippen LogP contribution >= 0.6 is 22.9 Å². The first-order valence-corrected chi connectivity index (χ1v) is 12.2. The van der Waals surface area contributed by atoms with E-state index < -0.39 is 17.7 Å². The van der Waals surface area contributed by atoms with Gasteiger partial charge in [0.2, 0.25) is 0 Å². The third-order valence-corrected chi connectivity index (χ3v) is 7.37. The zero-order valence-electron chi connectivity index (χ0n) is 19.6. The number of methoxy groups -OCH3 is 2. The fourth-order valence-corrected chi connectivity index (χ4v) is 5.49. The number of fused-ring (bicyclic) bond motifs is 1. The van der Waals surface area contributed by atoms with Gasteiger partial charge in [-0.1, -0.05) is 52.8 Å². The average Bonchev–Trinajstić information content (AvgIpc) is 3.41. The maximum atomic E-state index is 13.4. The van der Waals surface area contributed by atoms with Crippen molar-refractivity contribution < 1.29 is 24.2 Å². The van der Waals surface area contributed by atoms with Crippen LogP contribution in [-0.4, -0.2) is 36.0 Å². The zero-order chi connectivity index (χ0) is 25.6. The van der Waals surface area contributed by atoms with Crippen molar-refractivity contribution in [1.82, 2.24) is 4.98 Å². The van der Waals surface area contributed by atoms with E-state index in [1.54, 1.807) is 31.4 Å². The molecule has 36 heavy (non-hydrogen) atoms. The number of nitrogens with zero attached hydrogens (tertiary/aromatic N) is 2. The molecule has 5 rings (SSSR count). The molecule has 0 aliphatic carbocycles. The summed E-state index contributed by atoms with van der Waals surface area (Å²) in [5.41, 5.74) is 2.38. The van der Waals surface area contributed by atoms with Gasteiger partial charge >= 0.3 is 5.91 Å². The summed E-state index contributed by atoms with van der Waals surface area (Å²) in [4.78, 5) is 32.8. The number of hydrogen-bond donors (Lipinski definition) is 1. The first-order chi connectivity index (χ1) is 17.3. The summed E-state index contributed by atoms with van der Waals surface area (Å²) in [6.07, 6.45) is 0. The van der Waals surface area contributed by atoms with Crippen molar-refractivity contribution >= 4 is 55.7 Å². The number of thiazole rings is 1. The largest absolute Gasteiger partial charge is 0.507 e. The van der Waals surface area contributed by atoms with Crippen LogP contribution in [0.4, 0.5) is 5.13 Å². The summed E-state index contributed by atoms with van der Waals surface area (Å²) in [6, 6.07) is 16.7. The number of benzene rings is 3. The number of amides is 1. The van der Waals surface area contributed by atoms with E-state index in [9.17, 15) is 14.7 Å². The smallest absolute Gasteiger partial charge is 0.301 e. The molecule has 1 aliphatic rings. The number of aryl methyl sites for hydroxylation is 1. The summed E-state index contributed by atoms with van der Waals surface area (Å²) in [6.45, 7) is 1.92. The Kier molecular flexibility index (Phi) is 6.15. The molecule has 0 spiro atoms. The average molecular weight is 521 g/mol. The number of ketones is 1. The van der Waals surface area contributed by atoms with E-state index in [2.05, 4.69) is 4.98 Å². The highest BCUT2D eigenvalue weighted by Gasteiger charge is 2.48. The Morgan fingerprint density at radius 1 is 1.03 bits per heavy atom. The van der Waals surface area contributed by atoms with E-state index in [1.807, 2.05) is 37.3 Å². The maximum absolute atomic E-state index is 13.4. The van der Waals surface area contributed by atoms with E-state index in [0.717, 1.165) is 10.3 Å². The number of aliphatic hydroxyl groups excluding tert-OH is 1. The van der Waals surface area contributed by atoms with Crippen LogP contribution in [0.2, 0.25) is 5.02 Å². The molecule has 1 N–H and O–H groups in total. The standard InChI is InChI=1S/C27H21ClN2O5S/c1-14-5-4-6-15(11-14)23-22(24(31)18-12-16(34-2)7-9-19(18)28)25(32)26(33)30(23)27-29-20-10-8-17(35-3)13-21(20)36-27/h4-13,23,31H,1-3H3/b24-22+. The number of hydrogen-bond acceptors (Lipinski definition) is 7. The van der Waals surface area contributed by atoms with Crippen LogP contribution in [0.25, 0.3) is 16.0 Å². The van der Waals surface area contributed by atoms with Crippen LogP contribution in [0.5, 0.6) is 11.5 Å². The Labute approximate surface area is 216 Å². The molecule has 1 aliphatic heterocycles.